The molecule has 0 amide bonds. The molecule has 2 N–H and O–H groups in total. The Bertz CT molecular complexity index is 584. The van der Waals surface area contributed by atoms with E-state index in [1.165, 1.54) is 0 Å². The Hall–Kier alpha value is -0.930. The molecule has 0 saturated heterocycles. The van der Waals surface area contributed by atoms with Crippen molar-refractivity contribution < 1.29 is 15.0 Å². The highest BCUT2D eigenvalue weighted by Gasteiger charge is 2.55. The molecule has 1 fully saturated rings. The molecule has 0 radical (unpaired) electrons. The third-order valence-corrected chi connectivity index (χ3v) is 6.85. The summed E-state index contributed by atoms with van der Waals surface area (Å²) in [6.45, 7) is 10.5. The van der Waals surface area contributed by atoms with Crippen LogP contribution in [0.2, 0.25) is 0 Å². The Labute approximate surface area is 139 Å². The first-order valence-electron chi connectivity index (χ1n) is 8.94. The van der Waals surface area contributed by atoms with Gasteiger partial charge in [0.25, 0.3) is 0 Å². The molecule has 3 aliphatic carbocycles. The molecule has 1 saturated carbocycles. The van der Waals surface area contributed by atoms with Crippen LogP contribution in [-0.2, 0) is 4.79 Å². The van der Waals surface area contributed by atoms with Gasteiger partial charge in [0.1, 0.15) is 0 Å². The van der Waals surface area contributed by atoms with Gasteiger partial charge in [-0.2, -0.15) is 0 Å². The van der Waals surface area contributed by atoms with E-state index in [-0.39, 0.29) is 34.6 Å². The van der Waals surface area contributed by atoms with E-state index < -0.39 is 6.10 Å². The molecule has 0 bridgehead atoms. The Kier molecular flexibility index (Phi) is 3.89. The maximum atomic E-state index is 12.8. The number of ketones is 1. The van der Waals surface area contributed by atoms with Gasteiger partial charge >= 0.3 is 0 Å². The zero-order valence-electron chi connectivity index (χ0n) is 15.0. The molecule has 0 spiro atoms. The standard InChI is InChI=1S/C20H30O3/c1-11(2)12-8-13-14(9-15(12)21)20(5)7-6-18(23)19(3,4)17(20)10-16(13)22/h8,10-12,14-15,18,21,23H,6-7,9H2,1-5H3/t12?,14?,15-,18-,20+/m1/s1. The molecule has 0 aromatic heterocycles. The zero-order chi connectivity index (χ0) is 17.2. The van der Waals surface area contributed by atoms with Crippen molar-refractivity contribution in [2.75, 3.05) is 0 Å². The average Bonchev–Trinajstić information content (AvgIpc) is 2.46. The molecule has 5 atom stereocenters. The van der Waals surface area contributed by atoms with Crippen LogP contribution in [0.5, 0.6) is 0 Å². The number of rotatable bonds is 1. The van der Waals surface area contributed by atoms with Gasteiger partial charge in [0.2, 0.25) is 0 Å². The molecule has 0 heterocycles. The van der Waals surface area contributed by atoms with E-state index in [2.05, 4.69) is 20.8 Å². The van der Waals surface area contributed by atoms with Crippen LogP contribution in [-0.4, -0.2) is 28.2 Å². The largest absolute Gasteiger partial charge is 0.392 e. The van der Waals surface area contributed by atoms with Crippen molar-refractivity contribution in [2.24, 2.45) is 28.6 Å². The number of aliphatic hydroxyl groups excluding tert-OH is 2. The topological polar surface area (TPSA) is 57.5 Å². The zero-order valence-corrected chi connectivity index (χ0v) is 15.0. The fourth-order valence-electron chi connectivity index (χ4n) is 5.23. The third-order valence-electron chi connectivity index (χ3n) is 6.85. The molecule has 128 valence electrons. The van der Waals surface area contributed by atoms with Gasteiger partial charge in [-0.05, 0) is 48.2 Å². The summed E-state index contributed by atoms with van der Waals surface area (Å²) in [5.74, 6) is 0.550. The average molecular weight is 318 g/mol. The Morgan fingerprint density at radius 2 is 1.87 bits per heavy atom. The minimum Gasteiger partial charge on any atom is -0.392 e. The maximum Gasteiger partial charge on any atom is 0.181 e. The summed E-state index contributed by atoms with van der Waals surface area (Å²) in [4.78, 5) is 12.8. The van der Waals surface area contributed by atoms with Crippen molar-refractivity contribution in [1.29, 1.82) is 0 Å². The van der Waals surface area contributed by atoms with Gasteiger partial charge in [-0.1, -0.05) is 46.3 Å². The number of fused-ring (bicyclic) bond motifs is 3. The third kappa shape index (κ3) is 2.35. The lowest BCUT2D eigenvalue weighted by atomic mass is 9.49. The first kappa shape index (κ1) is 16.9. The number of hydrogen-bond acceptors (Lipinski definition) is 3. The molecule has 0 aliphatic heterocycles. The summed E-state index contributed by atoms with van der Waals surface area (Å²) in [6.07, 6.45) is 5.32. The summed E-state index contributed by atoms with van der Waals surface area (Å²) in [5, 5.41) is 21.0. The summed E-state index contributed by atoms with van der Waals surface area (Å²) in [5.41, 5.74) is 1.46. The molecular weight excluding hydrogens is 288 g/mol. The van der Waals surface area contributed by atoms with E-state index in [1.54, 1.807) is 6.08 Å². The van der Waals surface area contributed by atoms with E-state index in [4.69, 9.17) is 0 Å². The van der Waals surface area contributed by atoms with Crippen molar-refractivity contribution in [2.45, 2.75) is 66.1 Å². The van der Waals surface area contributed by atoms with Crippen LogP contribution < -0.4 is 0 Å². The van der Waals surface area contributed by atoms with Crippen molar-refractivity contribution in [3.63, 3.8) is 0 Å². The van der Waals surface area contributed by atoms with Gasteiger partial charge in [-0.3, -0.25) is 4.79 Å². The monoisotopic (exact) mass is 318 g/mol. The lowest BCUT2D eigenvalue weighted by Gasteiger charge is -2.56. The van der Waals surface area contributed by atoms with E-state index in [9.17, 15) is 15.0 Å². The SMILES string of the molecule is CC(C)C1C=C2C(=O)C=C3C(C)(C)[C@H](O)CC[C@@]3(C)C2C[C@H]1O. The molecule has 3 heteroatoms. The van der Waals surface area contributed by atoms with Gasteiger partial charge in [0.05, 0.1) is 12.2 Å². The Morgan fingerprint density at radius 1 is 1.22 bits per heavy atom. The van der Waals surface area contributed by atoms with Gasteiger partial charge in [-0.25, -0.2) is 0 Å². The Balaban J connectivity index is 2.11. The quantitative estimate of drug-likeness (QED) is 0.780. The van der Waals surface area contributed by atoms with Crippen molar-refractivity contribution in [3.8, 4) is 0 Å². The highest BCUT2D eigenvalue weighted by molar-refractivity contribution is 6.06. The number of aliphatic hydroxyl groups is 2. The lowest BCUT2D eigenvalue weighted by Crippen LogP contribution is -2.52. The molecule has 0 aromatic carbocycles. The van der Waals surface area contributed by atoms with Gasteiger partial charge in [-0.15, -0.1) is 0 Å². The van der Waals surface area contributed by atoms with Crippen molar-refractivity contribution in [3.05, 3.63) is 23.3 Å². The number of hydrogen-bond donors (Lipinski definition) is 2. The molecule has 2 unspecified atom stereocenters. The molecule has 0 aromatic rings. The first-order chi connectivity index (χ1) is 10.6. The number of carbonyl (C=O) groups is 1. The summed E-state index contributed by atoms with van der Waals surface area (Å²) < 4.78 is 0. The van der Waals surface area contributed by atoms with Crippen molar-refractivity contribution in [1.82, 2.24) is 0 Å². The van der Waals surface area contributed by atoms with Crippen LogP contribution >= 0.6 is 0 Å². The summed E-state index contributed by atoms with van der Waals surface area (Å²) in [6, 6.07) is 0. The predicted octanol–water partition coefficient (Wildman–Crippen LogP) is 3.26. The van der Waals surface area contributed by atoms with E-state index in [0.717, 1.165) is 24.0 Å². The molecule has 3 aliphatic rings. The number of allylic oxidation sites excluding steroid dienone is 2. The van der Waals surface area contributed by atoms with Gasteiger partial charge in [0, 0.05) is 11.3 Å². The fourth-order valence-corrected chi connectivity index (χ4v) is 5.23. The van der Waals surface area contributed by atoms with Crippen LogP contribution in [0.4, 0.5) is 0 Å². The molecule has 3 rings (SSSR count). The minimum atomic E-state index is -0.405. The molecule has 23 heavy (non-hydrogen) atoms. The lowest BCUT2D eigenvalue weighted by molar-refractivity contribution is -0.114. The second-order valence-electron chi connectivity index (χ2n) is 8.91. The smallest absolute Gasteiger partial charge is 0.181 e. The highest BCUT2D eigenvalue weighted by Crippen LogP contribution is 2.60. The van der Waals surface area contributed by atoms with Crippen LogP contribution in [0.3, 0.4) is 0 Å². The minimum absolute atomic E-state index is 0.0611. The van der Waals surface area contributed by atoms with Crippen molar-refractivity contribution >= 4 is 5.78 Å². The fraction of sp³-hybridized carbons (Fsp3) is 0.750. The molecular formula is C20H30O3. The van der Waals surface area contributed by atoms with E-state index in [1.807, 2.05) is 19.9 Å². The normalized spacial score (nSPS) is 42.7. The van der Waals surface area contributed by atoms with Crippen LogP contribution in [0.15, 0.2) is 23.3 Å². The Morgan fingerprint density at radius 3 is 2.48 bits per heavy atom. The predicted molar refractivity (Wildman–Crippen MR) is 90.7 cm³/mol. The van der Waals surface area contributed by atoms with E-state index in [0.29, 0.717) is 12.3 Å². The second kappa shape index (κ2) is 5.29. The number of carbonyl (C=O) groups excluding carboxylic acids is 1. The second-order valence-corrected chi connectivity index (χ2v) is 8.91. The first-order valence-corrected chi connectivity index (χ1v) is 8.94. The van der Waals surface area contributed by atoms with Crippen LogP contribution in [0.1, 0.15) is 53.9 Å². The van der Waals surface area contributed by atoms with Gasteiger partial charge in [0.15, 0.2) is 5.78 Å². The molecule has 3 nitrogen and oxygen atoms in total. The van der Waals surface area contributed by atoms with Crippen LogP contribution in [0, 0.1) is 28.6 Å². The highest BCUT2D eigenvalue weighted by atomic mass is 16.3. The maximum absolute atomic E-state index is 12.8. The van der Waals surface area contributed by atoms with Crippen LogP contribution in [0.25, 0.3) is 0 Å². The summed E-state index contributed by atoms with van der Waals surface area (Å²) in [7, 11) is 0. The van der Waals surface area contributed by atoms with Gasteiger partial charge < -0.3 is 10.2 Å². The van der Waals surface area contributed by atoms with E-state index >= 15 is 0 Å². The summed E-state index contributed by atoms with van der Waals surface area (Å²) >= 11 is 0.